The quantitative estimate of drug-likeness (QED) is 0.0295. The van der Waals surface area contributed by atoms with Crippen LogP contribution in [0.4, 0.5) is 0 Å². The van der Waals surface area contributed by atoms with Gasteiger partial charge in [-0.3, -0.25) is 9.80 Å². The molecule has 0 aromatic carbocycles. The fourth-order valence-electron chi connectivity index (χ4n) is 6.21. The molecule has 0 heterocycles. The van der Waals surface area contributed by atoms with Gasteiger partial charge in [0.05, 0.1) is 18.9 Å². The Morgan fingerprint density at radius 1 is 0.510 bits per heavy atom. The molecule has 6 nitrogen and oxygen atoms in total. The van der Waals surface area contributed by atoms with Crippen molar-refractivity contribution in [1.29, 1.82) is 0 Å². The Bertz CT molecular complexity index is 784. The van der Waals surface area contributed by atoms with E-state index in [1.165, 1.54) is 116 Å². The molecule has 3 unspecified atom stereocenters. The van der Waals surface area contributed by atoms with Crippen LogP contribution in [0.15, 0.2) is 48.6 Å². The average Bonchev–Trinajstić information content (AvgIpc) is 3.10. The van der Waals surface area contributed by atoms with Crippen molar-refractivity contribution < 1.29 is 10.2 Å². The Labute approximate surface area is 305 Å². The van der Waals surface area contributed by atoms with Crippen molar-refractivity contribution in [2.45, 2.75) is 187 Å². The summed E-state index contributed by atoms with van der Waals surface area (Å²) in [6.45, 7) is 9.99. The van der Waals surface area contributed by atoms with Crippen LogP contribution in [0.1, 0.15) is 168 Å². The van der Waals surface area contributed by atoms with Gasteiger partial charge in [-0.25, -0.2) is 0 Å². The van der Waals surface area contributed by atoms with E-state index in [0.717, 1.165) is 38.6 Å². The van der Waals surface area contributed by atoms with Gasteiger partial charge in [-0.05, 0) is 70.8 Å². The highest BCUT2D eigenvalue weighted by molar-refractivity contribution is 5.00. The molecule has 0 radical (unpaired) electrons. The number of nitrogens with zero attached hydrogens (tertiary/aromatic N) is 2. The first-order valence-electron chi connectivity index (χ1n) is 20.9. The Kier molecular flexibility index (Phi) is 37.0. The first kappa shape index (κ1) is 47.7. The molecule has 0 bridgehead atoms. The third-order valence-electron chi connectivity index (χ3n) is 9.36. The van der Waals surface area contributed by atoms with Crippen LogP contribution in [0.5, 0.6) is 0 Å². The molecular weight excluding hydrogens is 604 g/mol. The van der Waals surface area contributed by atoms with Gasteiger partial charge in [-0.2, -0.15) is 0 Å². The van der Waals surface area contributed by atoms with Gasteiger partial charge in [0.15, 0.2) is 0 Å². The fraction of sp³-hybridized carbons (Fsp3) is 0.814. The zero-order valence-corrected chi connectivity index (χ0v) is 32.8. The van der Waals surface area contributed by atoms with Gasteiger partial charge in [-0.15, -0.1) is 0 Å². The highest BCUT2D eigenvalue weighted by atomic mass is 16.3. The smallest absolute Gasteiger partial charge is 0.0789 e. The van der Waals surface area contributed by atoms with Gasteiger partial charge in [0.2, 0.25) is 0 Å². The van der Waals surface area contributed by atoms with Gasteiger partial charge in [0.25, 0.3) is 0 Å². The van der Waals surface area contributed by atoms with E-state index in [4.69, 9.17) is 11.5 Å². The van der Waals surface area contributed by atoms with Crippen LogP contribution in [0.2, 0.25) is 0 Å². The second kappa shape index (κ2) is 38.0. The van der Waals surface area contributed by atoms with Crippen LogP contribution in [0.3, 0.4) is 0 Å². The normalized spacial score (nSPS) is 14.6. The van der Waals surface area contributed by atoms with Crippen LogP contribution in [0.25, 0.3) is 0 Å². The second-order valence-electron chi connectivity index (χ2n) is 14.3. The molecule has 0 amide bonds. The maximum atomic E-state index is 10.7. The van der Waals surface area contributed by atoms with Crippen LogP contribution in [-0.2, 0) is 0 Å². The second-order valence-corrected chi connectivity index (χ2v) is 14.3. The predicted molar refractivity (Wildman–Crippen MR) is 217 cm³/mol. The number of hydrogen-bond acceptors (Lipinski definition) is 6. The van der Waals surface area contributed by atoms with Crippen molar-refractivity contribution in [2.75, 3.05) is 39.4 Å². The third-order valence-corrected chi connectivity index (χ3v) is 9.36. The summed E-state index contributed by atoms with van der Waals surface area (Å²) in [5.74, 6) is 0. The van der Waals surface area contributed by atoms with Crippen LogP contribution < -0.4 is 11.5 Å². The van der Waals surface area contributed by atoms with Gasteiger partial charge < -0.3 is 21.7 Å². The predicted octanol–water partition coefficient (Wildman–Crippen LogP) is 9.81. The maximum Gasteiger partial charge on any atom is 0.0789 e. The highest BCUT2D eigenvalue weighted by Gasteiger charge is 2.22. The lowest BCUT2D eigenvalue weighted by atomic mass is 10.0. The first-order chi connectivity index (χ1) is 24.0. The number of nitrogens with two attached hydrogens (primary N) is 2. The summed E-state index contributed by atoms with van der Waals surface area (Å²) in [6.07, 6.45) is 45.5. The van der Waals surface area contributed by atoms with E-state index in [0.29, 0.717) is 19.8 Å². The molecule has 0 saturated heterocycles. The minimum absolute atomic E-state index is 0.227. The molecule has 6 heteroatoms. The van der Waals surface area contributed by atoms with Crippen LogP contribution >= 0.6 is 0 Å². The Balaban J connectivity index is 5.06. The van der Waals surface area contributed by atoms with Gasteiger partial charge in [-0.1, -0.05) is 153 Å². The molecule has 6 N–H and O–H groups in total. The number of unbranched alkanes of at least 4 members (excludes halogenated alkanes) is 16. The van der Waals surface area contributed by atoms with E-state index in [-0.39, 0.29) is 19.1 Å². The molecule has 0 saturated carbocycles. The number of aliphatic hydroxyl groups is 2. The molecule has 0 aliphatic heterocycles. The molecule has 0 rings (SSSR count). The molecule has 0 aliphatic carbocycles. The van der Waals surface area contributed by atoms with E-state index in [9.17, 15) is 10.2 Å². The molecule has 0 fully saturated rings. The largest absolute Gasteiger partial charge is 0.390 e. The lowest BCUT2D eigenvalue weighted by molar-refractivity contribution is 0.0320. The minimum Gasteiger partial charge on any atom is -0.390 e. The Hall–Kier alpha value is -1.28. The molecule has 49 heavy (non-hydrogen) atoms. The van der Waals surface area contributed by atoms with E-state index < -0.39 is 12.2 Å². The topological polar surface area (TPSA) is 99.0 Å². The van der Waals surface area contributed by atoms with Gasteiger partial charge in [0, 0.05) is 32.2 Å². The van der Waals surface area contributed by atoms with Crippen molar-refractivity contribution in [3.05, 3.63) is 48.6 Å². The highest BCUT2D eigenvalue weighted by Crippen LogP contribution is 2.17. The molecular formula is C43H84N4O2. The fourth-order valence-corrected chi connectivity index (χ4v) is 6.21. The third kappa shape index (κ3) is 32.4. The van der Waals surface area contributed by atoms with Crippen molar-refractivity contribution in [3.8, 4) is 0 Å². The van der Waals surface area contributed by atoms with E-state index in [2.05, 4.69) is 79.2 Å². The molecule has 288 valence electrons. The molecule has 0 aliphatic rings. The zero-order valence-electron chi connectivity index (χ0n) is 32.8. The molecule has 0 aromatic heterocycles. The number of allylic oxidation sites excluding steroid dienone is 7. The summed E-state index contributed by atoms with van der Waals surface area (Å²) < 4.78 is 0. The van der Waals surface area contributed by atoms with Crippen molar-refractivity contribution >= 4 is 0 Å². The number of aliphatic hydroxyl groups excluding tert-OH is 2. The van der Waals surface area contributed by atoms with E-state index in [1.807, 2.05) is 0 Å². The lowest BCUT2D eigenvalue weighted by Crippen LogP contribution is -2.50. The van der Waals surface area contributed by atoms with Crippen molar-refractivity contribution in [2.24, 2.45) is 11.5 Å². The zero-order chi connectivity index (χ0) is 36.0. The summed E-state index contributed by atoms with van der Waals surface area (Å²) in [7, 11) is 0. The summed E-state index contributed by atoms with van der Waals surface area (Å²) in [4.78, 5) is 4.76. The van der Waals surface area contributed by atoms with Crippen molar-refractivity contribution in [1.82, 2.24) is 9.80 Å². The van der Waals surface area contributed by atoms with Crippen molar-refractivity contribution in [3.63, 3.8) is 0 Å². The summed E-state index contributed by atoms with van der Waals surface area (Å²) in [5.41, 5.74) is 11.8. The minimum atomic E-state index is -0.572. The van der Waals surface area contributed by atoms with E-state index in [1.54, 1.807) is 0 Å². The number of hydrogen-bond donors (Lipinski definition) is 4. The SMILES string of the molecule is CCCCC/C=C\C/C=C\C(CCCCCCC)N(CC(O)CN)CN(CCCCCCCC/C=C/C/C=C\CCCCC)CC(O)CN. The van der Waals surface area contributed by atoms with Gasteiger partial charge >= 0.3 is 0 Å². The Morgan fingerprint density at radius 3 is 1.53 bits per heavy atom. The number of rotatable bonds is 37. The van der Waals surface area contributed by atoms with Gasteiger partial charge in [0.1, 0.15) is 0 Å². The summed E-state index contributed by atoms with van der Waals surface area (Å²) >= 11 is 0. The van der Waals surface area contributed by atoms with Crippen LogP contribution in [0, 0.1) is 0 Å². The lowest BCUT2D eigenvalue weighted by Gasteiger charge is -2.37. The van der Waals surface area contributed by atoms with Crippen LogP contribution in [-0.4, -0.2) is 77.7 Å². The molecule has 3 atom stereocenters. The summed E-state index contributed by atoms with van der Waals surface area (Å²) in [5, 5.41) is 21.3. The molecule has 0 spiro atoms. The van der Waals surface area contributed by atoms with E-state index >= 15 is 0 Å². The standard InChI is InChI=1S/C43H84N4O2/c1-4-7-10-13-15-17-18-19-20-21-22-23-24-26-29-32-35-46(38-42(48)36-44)40-47(39-43(49)37-45)41(33-30-27-12-9-6-3)34-31-28-25-16-14-11-8-5-2/h15-17,19-20,25,31,34,41-43,48-49H,4-14,18,21-24,26-30,32-33,35-40,44-45H2,1-3H3/b17-15-,20-19+,25-16-,34-31-. The summed E-state index contributed by atoms with van der Waals surface area (Å²) in [6, 6.07) is 0.227. The first-order valence-corrected chi connectivity index (χ1v) is 20.9. The average molecular weight is 689 g/mol. The maximum absolute atomic E-state index is 10.7. The molecule has 0 aromatic rings. The Morgan fingerprint density at radius 2 is 0.959 bits per heavy atom. The monoisotopic (exact) mass is 689 g/mol.